The third-order valence-corrected chi connectivity index (χ3v) is 2.52. The average Bonchev–Trinajstić information content (AvgIpc) is 2.85. The largest absolute Gasteiger partial charge is 0.459 e. The summed E-state index contributed by atoms with van der Waals surface area (Å²) < 4.78 is 5.92. The zero-order chi connectivity index (χ0) is 12.1. The molecule has 0 atom stereocenters. The van der Waals surface area contributed by atoms with Crippen molar-refractivity contribution in [2.45, 2.75) is 0 Å². The predicted molar refractivity (Wildman–Crippen MR) is 67.9 cm³/mol. The SMILES string of the molecule is O=C(N/N=C\c1ccc(Br)cc1)c1ccco1. The molecule has 0 spiro atoms. The van der Waals surface area contributed by atoms with Crippen molar-refractivity contribution in [3.05, 3.63) is 58.5 Å². The number of benzene rings is 1. The van der Waals surface area contributed by atoms with Crippen molar-refractivity contribution < 1.29 is 9.21 Å². The van der Waals surface area contributed by atoms with Gasteiger partial charge in [-0.1, -0.05) is 28.1 Å². The van der Waals surface area contributed by atoms with E-state index in [1.165, 1.54) is 6.26 Å². The standard InChI is InChI=1S/C12H9BrN2O2/c13-10-5-3-9(4-6-10)8-14-15-12(16)11-2-1-7-17-11/h1-8H,(H,15,16)/b14-8-. The van der Waals surface area contributed by atoms with Gasteiger partial charge in [0.15, 0.2) is 5.76 Å². The molecular formula is C12H9BrN2O2. The van der Waals surface area contributed by atoms with E-state index in [2.05, 4.69) is 26.5 Å². The lowest BCUT2D eigenvalue weighted by molar-refractivity contribution is 0.0927. The Morgan fingerprint density at radius 1 is 1.29 bits per heavy atom. The summed E-state index contributed by atoms with van der Waals surface area (Å²) in [6.45, 7) is 0. The molecule has 17 heavy (non-hydrogen) atoms. The van der Waals surface area contributed by atoms with Gasteiger partial charge in [0.2, 0.25) is 0 Å². The van der Waals surface area contributed by atoms with E-state index in [0.29, 0.717) is 0 Å². The lowest BCUT2D eigenvalue weighted by Crippen LogP contribution is -2.16. The second kappa shape index (κ2) is 5.45. The molecule has 0 aliphatic heterocycles. The van der Waals surface area contributed by atoms with Gasteiger partial charge in [0.25, 0.3) is 0 Å². The van der Waals surface area contributed by atoms with E-state index in [1.54, 1.807) is 18.3 Å². The topological polar surface area (TPSA) is 54.6 Å². The van der Waals surface area contributed by atoms with Crippen LogP contribution in [-0.2, 0) is 0 Å². The second-order valence-corrected chi connectivity index (χ2v) is 4.14. The summed E-state index contributed by atoms with van der Waals surface area (Å²) in [6.07, 6.45) is 3.00. The van der Waals surface area contributed by atoms with Crippen LogP contribution in [0.4, 0.5) is 0 Å². The molecule has 5 heteroatoms. The first kappa shape index (κ1) is 11.6. The Balaban J connectivity index is 1.94. The van der Waals surface area contributed by atoms with Crippen LogP contribution in [0.5, 0.6) is 0 Å². The number of rotatable bonds is 3. The quantitative estimate of drug-likeness (QED) is 0.699. The van der Waals surface area contributed by atoms with E-state index >= 15 is 0 Å². The van der Waals surface area contributed by atoms with Crippen molar-refractivity contribution >= 4 is 28.1 Å². The number of halogens is 1. The number of amides is 1. The Bertz CT molecular complexity index is 518. The molecule has 0 saturated heterocycles. The van der Waals surface area contributed by atoms with Crippen LogP contribution in [0, 0.1) is 0 Å². The number of hydrogen-bond donors (Lipinski definition) is 1. The highest BCUT2D eigenvalue weighted by molar-refractivity contribution is 9.10. The van der Waals surface area contributed by atoms with Crippen LogP contribution in [0.3, 0.4) is 0 Å². The van der Waals surface area contributed by atoms with Gasteiger partial charge >= 0.3 is 5.91 Å². The van der Waals surface area contributed by atoms with Gasteiger partial charge in [0.1, 0.15) is 0 Å². The van der Waals surface area contributed by atoms with E-state index in [9.17, 15) is 4.79 Å². The molecule has 1 amide bonds. The third-order valence-electron chi connectivity index (χ3n) is 1.99. The third kappa shape index (κ3) is 3.29. The van der Waals surface area contributed by atoms with Crippen molar-refractivity contribution in [3.8, 4) is 0 Å². The first-order chi connectivity index (χ1) is 8.25. The molecule has 1 N–H and O–H groups in total. The maximum absolute atomic E-state index is 11.4. The smallest absolute Gasteiger partial charge is 0.307 e. The van der Waals surface area contributed by atoms with Gasteiger partial charge in [0, 0.05) is 4.47 Å². The van der Waals surface area contributed by atoms with Gasteiger partial charge in [-0.2, -0.15) is 5.10 Å². The predicted octanol–water partition coefficient (Wildman–Crippen LogP) is 2.81. The lowest BCUT2D eigenvalue weighted by atomic mass is 10.2. The van der Waals surface area contributed by atoms with Gasteiger partial charge in [-0.05, 0) is 29.8 Å². The Kier molecular flexibility index (Phi) is 3.72. The van der Waals surface area contributed by atoms with Crippen LogP contribution in [0.25, 0.3) is 0 Å². The number of nitrogens with zero attached hydrogens (tertiary/aromatic N) is 1. The molecule has 0 saturated carbocycles. The number of furan rings is 1. The molecule has 2 rings (SSSR count). The Labute approximate surface area is 106 Å². The van der Waals surface area contributed by atoms with Crippen molar-refractivity contribution in [1.82, 2.24) is 5.43 Å². The minimum atomic E-state index is -0.372. The molecule has 1 aromatic carbocycles. The fraction of sp³-hybridized carbons (Fsp3) is 0. The fourth-order valence-electron chi connectivity index (χ4n) is 1.18. The van der Waals surface area contributed by atoms with E-state index < -0.39 is 0 Å². The van der Waals surface area contributed by atoms with E-state index in [-0.39, 0.29) is 11.7 Å². The molecule has 0 aliphatic carbocycles. The fourth-order valence-corrected chi connectivity index (χ4v) is 1.44. The van der Waals surface area contributed by atoms with E-state index in [1.807, 2.05) is 24.3 Å². The molecule has 86 valence electrons. The number of nitrogens with one attached hydrogen (secondary N) is 1. The van der Waals surface area contributed by atoms with Gasteiger partial charge in [0.05, 0.1) is 12.5 Å². The summed E-state index contributed by atoms with van der Waals surface area (Å²) >= 11 is 3.34. The van der Waals surface area contributed by atoms with Crippen molar-refractivity contribution in [2.75, 3.05) is 0 Å². The minimum Gasteiger partial charge on any atom is -0.459 e. The highest BCUT2D eigenvalue weighted by Crippen LogP contribution is 2.08. The van der Waals surface area contributed by atoms with Crippen LogP contribution in [-0.4, -0.2) is 12.1 Å². The lowest BCUT2D eigenvalue weighted by Gasteiger charge is -1.95. The van der Waals surface area contributed by atoms with Gasteiger partial charge < -0.3 is 4.42 Å². The maximum Gasteiger partial charge on any atom is 0.307 e. The average molecular weight is 293 g/mol. The first-order valence-corrected chi connectivity index (χ1v) is 5.67. The normalized spacial score (nSPS) is 10.6. The van der Waals surface area contributed by atoms with Crippen molar-refractivity contribution in [2.24, 2.45) is 5.10 Å². The van der Waals surface area contributed by atoms with Gasteiger partial charge in [-0.15, -0.1) is 0 Å². The number of carbonyl (C=O) groups excluding carboxylic acids is 1. The monoisotopic (exact) mass is 292 g/mol. The summed E-state index contributed by atoms with van der Waals surface area (Å²) in [4.78, 5) is 11.4. The second-order valence-electron chi connectivity index (χ2n) is 3.23. The van der Waals surface area contributed by atoms with Crippen LogP contribution in [0.2, 0.25) is 0 Å². The highest BCUT2D eigenvalue weighted by atomic mass is 79.9. The summed E-state index contributed by atoms with van der Waals surface area (Å²) in [5.74, 6) is -0.138. The van der Waals surface area contributed by atoms with Crippen molar-refractivity contribution in [3.63, 3.8) is 0 Å². The zero-order valence-corrected chi connectivity index (χ0v) is 10.3. The Hall–Kier alpha value is -1.88. The number of hydrogen-bond acceptors (Lipinski definition) is 3. The van der Waals surface area contributed by atoms with E-state index in [0.717, 1.165) is 10.0 Å². The molecule has 1 heterocycles. The zero-order valence-electron chi connectivity index (χ0n) is 8.76. The molecule has 1 aromatic heterocycles. The van der Waals surface area contributed by atoms with Gasteiger partial charge in [-0.25, -0.2) is 5.43 Å². The van der Waals surface area contributed by atoms with E-state index in [4.69, 9.17) is 4.42 Å². The summed E-state index contributed by atoms with van der Waals surface area (Å²) in [6, 6.07) is 10.8. The molecular weight excluding hydrogens is 284 g/mol. The Morgan fingerprint density at radius 2 is 2.06 bits per heavy atom. The minimum absolute atomic E-state index is 0.234. The molecule has 0 fully saturated rings. The molecule has 0 unspecified atom stereocenters. The summed E-state index contributed by atoms with van der Waals surface area (Å²) in [5.41, 5.74) is 3.27. The maximum atomic E-state index is 11.4. The number of carbonyl (C=O) groups is 1. The van der Waals surface area contributed by atoms with Crippen molar-refractivity contribution in [1.29, 1.82) is 0 Å². The van der Waals surface area contributed by atoms with Crippen LogP contribution in [0.15, 0.2) is 56.7 Å². The van der Waals surface area contributed by atoms with Crippen LogP contribution >= 0.6 is 15.9 Å². The van der Waals surface area contributed by atoms with Gasteiger partial charge in [-0.3, -0.25) is 4.79 Å². The molecule has 2 aromatic rings. The van der Waals surface area contributed by atoms with Crippen LogP contribution < -0.4 is 5.43 Å². The summed E-state index contributed by atoms with van der Waals surface area (Å²) in [7, 11) is 0. The first-order valence-electron chi connectivity index (χ1n) is 4.88. The molecule has 4 nitrogen and oxygen atoms in total. The molecule has 0 aliphatic rings. The molecule has 0 bridgehead atoms. The number of hydrazone groups is 1. The van der Waals surface area contributed by atoms with Crippen LogP contribution in [0.1, 0.15) is 16.1 Å². The Morgan fingerprint density at radius 3 is 2.71 bits per heavy atom. The highest BCUT2D eigenvalue weighted by Gasteiger charge is 2.05. The molecule has 0 radical (unpaired) electrons. The summed E-state index contributed by atoms with van der Waals surface area (Å²) in [5, 5.41) is 3.83.